The molecule has 0 spiro atoms. The van der Waals surface area contributed by atoms with Gasteiger partial charge in [0.05, 0.1) is 0 Å². The number of hydrogen-bond donors (Lipinski definition) is 2. The highest BCUT2D eigenvalue weighted by atomic mass is 16.2. The lowest BCUT2D eigenvalue weighted by Gasteiger charge is -2.34. The van der Waals surface area contributed by atoms with E-state index in [0.29, 0.717) is 17.7 Å². The summed E-state index contributed by atoms with van der Waals surface area (Å²) in [6, 6.07) is 0.265. The number of carbonyl (C=O) groups excluding carboxylic acids is 1. The minimum atomic E-state index is -0.150. The van der Waals surface area contributed by atoms with Gasteiger partial charge in [-0.3, -0.25) is 9.89 Å². The topological polar surface area (TPSA) is 70.7 Å². The monoisotopic (exact) mass is 222 g/mol. The highest BCUT2D eigenvalue weighted by Crippen LogP contribution is 2.29. The van der Waals surface area contributed by atoms with Crippen LogP contribution in [0.1, 0.15) is 43.7 Å². The molecule has 5 nitrogen and oxygen atoms in total. The molecular weight excluding hydrogens is 204 g/mol. The van der Waals surface area contributed by atoms with Crippen LogP contribution in [-0.4, -0.2) is 27.1 Å². The Balaban J connectivity index is 1.96. The van der Waals surface area contributed by atoms with Crippen molar-refractivity contribution in [3.63, 3.8) is 0 Å². The molecule has 0 unspecified atom stereocenters. The standard InChI is InChI=1S/C11H18N4O/c1-7-4-3-5-9(8(7)2)14-11(16)10-12-6-13-15-10/h6-9H,3-5H2,1-2H3,(H,14,16)(H,12,13,15)/t7-,8-,9+/m0/s1. The second-order valence-electron chi connectivity index (χ2n) is 4.68. The van der Waals surface area contributed by atoms with Crippen molar-refractivity contribution in [2.75, 3.05) is 0 Å². The molecule has 1 aliphatic carbocycles. The summed E-state index contributed by atoms with van der Waals surface area (Å²) in [4.78, 5) is 15.6. The quantitative estimate of drug-likeness (QED) is 0.793. The van der Waals surface area contributed by atoms with Gasteiger partial charge in [0.2, 0.25) is 5.82 Å². The number of aromatic nitrogens is 3. The maximum absolute atomic E-state index is 11.8. The first kappa shape index (κ1) is 11.1. The van der Waals surface area contributed by atoms with E-state index < -0.39 is 0 Å². The van der Waals surface area contributed by atoms with Gasteiger partial charge in [0.1, 0.15) is 6.33 Å². The van der Waals surface area contributed by atoms with Gasteiger partial charge in [0.25, 0.3) is 5.91 Å². The van der Waals surface area contributed by atoms with E-state index in [2.05, 4.69) is 34.3 Å². The summed E-state index contributed by atoms with van der Waals surface area (Å²) < 4.78 is 0. The third-order valence-corrected chi connectivity index (χ3v) is 3.65. The van der Waals surface area contributed by atoms with Crippen LogP contribution < -0.4 is 5.32 Å². The van der Waals surface area contributed by atoms with Crippen molar-refractivity contribution in [2.45, 2.75) is 39.2 Å². The minimum Gasteiger partial charge on any atom is -0.346 e. The molecule has 1 aliphatic rings. The molecule has 0 aliphatic heterocycles. The van der Waals surface area contributed by atoms with Crippen LogP contribution in [0.2, 0.25) is 0 Å². The molecule has 1 aromatic rings. The van der Waals surface area contributed by atoms with Gasteiger partial charge >= 0.3 is 0 Å². The van der Waals surface area contributed by atoms with Crippen molar-refractivity contribution in [3.8, 4) is 0 Å². The SMILES string of the molecule is C[C@H]1[C@@H](C)CCC[C@H]1NC(=O)c1ncn[nH]1. The summed E-state index contributed by atoms with van der Waals surface area (Å²) in [7, 11) is 0. The van der Waals surface area contributed by atoms with E-state index in [9.17, 15) is 4.79 Å². The first-order chi connectivity index (χ1) is 7.68. The number of nitrogens with zero attached hydrogens (tertiary/aromatic N) is 2. The molecule has 0 saturated heterocycles. The van der Waals surface area contributed by atoms with Gasteiger partial charge in [0, 0.05) is 6.04 Å². The van der Waals surface area contributed by atoms with Crippen LogP contribution in [0, 0.1) is 11.8 Å². The smallest absolute Gasteiger partial charge is 0.288 e. The molecule has 0 bridgehead atoms. The number of carbonyl (C=O) groups is 1. The highest BCUT2D eigenvalue weighted by molar-refractivity contribution is 5.90. The lowest BCUT2D eigenvalue weighted by molar-refractivity contribution is 0.0881. The molecule has 5 heteroatoms. The molecule has 1 aromatic heterocycles. The Morgan fingerprint density at radius 3 is 3.00 bits per heavy atom. The largest absolute Gasteiger partial charge is 0.346 e. The number of hydrogen-bond acceptors (Lipinski definition) is 3. The molecular formula is C11H18N4O. The number of amides is 1. The van der Waals surface area contributed by atoms with Crippen molar-refractivity contribution in [3.05, 3.63) is 12.2 Å². The van der Waals surface area contributed by atoms with Gasteiger partial charge in [-0.05, 0) is 18.3 Å². The van der Waals surface area contributed by atoms with Gasteiger partial charge in [0.15, 0.2) is 0 Å². The lowest BCUT2D eigenvalue weighted by Crippen LogP contribution is -2.44. The van der Waals surface area contributed by atoms with Crippen molar-refractivity contribution in [2.24, 2.45) is 11.8 Å². The summed E-state index contributed by atoms with van der Waals surface area (Å²) in [5.41, 5.74) is 0. The van der Waals surface area contributed by atoms with E-state index in [1.54, 1.807) is 0 Å². The summed E-state index contributed by atoms with van der Waals surface area (Å²) >= 11 is 0. The normalized spacial score (nSPS) is 30.0. The Hall–Kier alpha value is -1.39. The van der Waals surface area contributed by atoms with E-state index in [0.717, 1.165) is 6.42 Å². The molecule has 1 amide bonds. The van der Waals surface area contributed by atoms with E-state index in [-0.39, 0.29) is 11.9 Å². The van der Waals surface area contributed by atoms with Crippen LogP contribution in [0.4, 0.5) is 0 Å². The van der Waals surface area contributed by atoms with Crippen LogP contribution in [0.3, 0.4) is 0 Å². The molecule has 2 N–H and O–H groups in total. The molecule has 0 radical (unpaired) electrons. The second kappa shape index (κ2) is 4.63. The van der Waals surface area contributed by atoms with Crippen LogP contribution in [-0.2, 0) is 0 Å². The van der Waals surface area contributed by atoms with E-state index in [1.165, 1.54) is 19.2 Å². The Labute approximate surface area is 95.0 Å². The molecule has 1 saturated carbocycles. The van der Waals surface area contributed by atoms with Gasteiger partial charge < -0.3 is 5.32 Å². The Morgan fingerprint density at radius 2 is 2.31 bits per heavy atom. The number of nitrogens with one attached hydrogen (secondary N) is 2. The summed E-state index contributed by atoms with van der Waals surface area (Å²) in [6.07, 6.45) is 4.86. The van der Waals surface area contributed by atoms with Crippen LogP contribution >= 0.6 is 0 Å². The van der Waals surface area contributed by atoms with Crippen molar-refractivity contribution >= 4 is 5.91 Å². The van der Waals surface area contributed by atoms with Crippen LogP contribution in [0.5, 0.6) is 0 Å². The Morgan fingerprint density at radius 1 is 1.50 bits per heavy atom. The lowest BCUT2D eigenvalue weighted by atomic mass is 9.78. The maximum Gasteiger partial charge on any atom is 0.288 e. The van der Waals surface area contributed by atoms with Gasteiger partial charge in [-0.25, -0.2) is 4.98 Å². The minimum absolute atomic E-state index is 0.150. The predicted molar refractivity (Wildman–Crippen MR) is 59.8 cm³/mol. The predicted octanol–water partition coefficient (Wildman–Crippen LogP) is 1.36. The third-order valence-electron chi connectivity index (χ3n) is 3.65. The van der Waals surface area contributed by atoms with Crippen molar-refractivity contribution in [1.29, 1.82) is 0 Å². The van der Waals surface area contributed by atoms with Gasteiger partial charge in [-0.2, -0.15) is 5.10 Å². The summed E-state index contributed by atoms with van der Waals surface area (Å²) in [6.45, 7) is 4.45. The molecule has 3 atom stereocenters. The fraction of sp³-hybridized carbons (Fsp3) is 0.727. The Bertz CT molecular complexity index is 349. The number of rotatable bonds is 2. The highest BCUT2D eigenvalue weighted by Gasteiger charge is 2.28. The molecule has 0 aromatic carbocycles. The van der Waals surface area contributed by atoms with Crippen LogP contribution in [0.25, 0.3) is 0 Å². The summed E-state index contributed by atoms with van der Waals surface area (Å²) in [5.74, 6) is 1.35. The van der Waals surface area contributed by atoms with Gasteiger partial charge in [-0.1, -0.05) is 26.7 Å². The summed E-state index contributed by atoms with van der Waals surface area (Å²) in [5, 5.41) is 9.28. The van der Waals surface area contributed by atoms with Crippen molar-refractivity contribution < 1.29 is 4.79 Å². The van der Waals surface area contributed by atoms with Gasteiger partial charge in [-0.15, -0.1) is 0 Å². The van der Waals surface area contributed by atoms with E-state index >= 15 is 0 Å². The zero-order valence-electron chi connectivity index (χ0n) is 9.73. The van der Waals surface area contributed by atoms with Crippen LogP contribution in [0.15, 0.2) is 6.33 Å². The second-order valence-corrected chi connectivity index (χ2v) is 4.68. The first-order valence-corrected chi connectivity index (χ1v) is 5.84. The third kappa shape index (κ3) is 2.23. The molecule has 88 valence electrons. The number of H-pyrrole nitrogens is 1. The zero-order chi connectivity index (χ0) is 11.5. The fourth-order valence-electron chi connectivity index (χ4n) is 2.34. The Kier molecular flexibility index (Phi) is 3.22. The molecule has 2 rings (SSSR count). The number of aromatic amines is 1. The van der Waals surface area contributed by atoms with E-state index in [1.807, 2.05) is 0 Å². The first-order valence-electron chi connectivity index (χ1n) is 5.84. The van der Waals surface area contributed by atoms with E-state index in [4.69, 9.17) is 0 Å². The zero-order valence-corrected chi connectivity index (χ0v) is 9.73. The molecule has 1 fully saturated rings. The molecule has 16 heavy (non-hydrogen) atoms. The average Bonchev–Trinajstić information content (AvgIpc) is 2.78. The average molecular weight is 222 g/mol. The van der Waals surface area contributed by atoms with Crippen molar-refractivity contribution in [1.82, 2.24) is 20.5 Å². The fourth-order valence-corrected chi connectivity index (χ4v) is 2.34. The maximum atomic E-state index is 11.8. The molecule has 1 heterocycles.